The molecule has 0 unspecified atom stereocenters. The van der Waals surface area contributed by atoms with Gasteiger partial charge in [0, 0.05) is 12.6 Å². The topological polar surface area (TPSA) is 68.3 Å². The van der Waals surface area contributed by atoms with Gasteiger partial charge in [0.2, 0.25) is 0 Å². The summed E-state index contributed by atoms with van der Waals surface area (Å²) < 4.78 is 4.75. The van der Waals surface area contributed by atoms with Crippen molar-refractivity contribution in [3.05, 3.63) is 58.3 Å². The normalized spacial score (nSPS) is 10.5. The number of esters is 1. The van der Waals surface area contributed by atoms with Crippen LogP contribution in [-0.4, -0.2) is 30.4 Å². The van der Waals surface area contributed by atoms with Gasteiger partial charge in [-0.25, -0.2) is 9.78 Å². The van der Waals surface area contributed by atoms with E-state index in [4.69, 9.17) is 4.74 Å². The van der Waals surface area contributed by atoms with Crippen molar-refractivity contribution >= 4 is 17.6 Å². The van der Waals surface area contributed by atoms with Gasteiger partial charge in [-0.2, -0.15) is 0 Å². The Balaban J connectivity index is 2.13. The molecule has 0 saturated heterocycles. The van der Waals surface area contributed by atoms with E-state index in [-0.39, 0.29) is 12.3 Å². The fourth-order valence-corrected chi connectivity index (χ4v) is 3.09. The van der Waals surface area contributed by atoms with E-state index in [1.807, 2.05) is 0 Å². The Morgan fingerprint density at radius 1 is 1.15 bits per heavy atom. The minimum atomic E-state index is -0.479. The first-order valence-electron chi connectivity index (χ1n) is 8.90. The van der Waals surface area contributed by atoms with E-state index in [9.17, 15) is 9.59 Å². The highest BCUT2D eigenvalue weighted by Crippen LogP contribution is 2.20. The molecule has 0 saturated carbocycles. The van der Waals surface area contributed by atoms with Crippen LogP contribution in [0.1, 0.15) is 46.5 Å². The predicted molar refractivity (Wildman–Crippen MR) is 103 cm³/mol. The summed E-state index contributed by atoms with van der Waals surface area (Å²) in [6.45, 7) is 6.41. The maximum Gasteiger partial charge on any atom is 0.341 e. The molecule has 138 valence electrons. The van der Waals surface area contributed by atoms with Gasteiger partial charge in [0.05, 0.1) is 13.7 Å². The zero-order valence-electron chi connectivity index (χ0n) is 15.9. The molecule has 5 nitrogen and oxygen atoms in total. The first-order chi connectivity index (χ1) is 12.5. The summed E-state index contributed by atoms with van der Waals surface area (Å²) in [6.07, 6.45) is 3.75. The van der Waals surface area contributed by atoms with E-state index in [2.05, 4.69) is 43.2 Å². The van der Waals surface area contributed by atoms with Crippen molar-refractivity contribution in [1.29, 1.82) is 0 Å². The lowest BCUT2D eigenvalue weighted by Crippen LogP contribution is -2.20. The first-order valence-corrected chi connectivity index (χ1v) is 8.90. The molecule has 0 fully saturated rings. The summed E-state index contributed by atoms with van der Waals surface area (Å²) in [5.74, 6) is -0.0594. The third kappa shape index (κ3) is 4.69. The van der Waals surface area contributed by atoms with Crippen LogP contribution in [0, 0.1) is 6.92 Å². The van der Waals surface area contributed by atoms with Crippen molar-refractivity contribution < 1.29 is 14.3 Å². The summed E-state index contributed by atoms with van der Waals surface area (Å²) in [5, 5.41) is 2.97. The number of nitrogens with zero attached hydrogens (tertiary/aromatic N) is 1. The highest BCUT2D eigenvalue weighted by Gasteiger charge is 2.15. The fourth-order valence-electron chi connectivity index (χ4n) is 3.09. The second kappa shape index (κ2) is 9.13. The van der Waals surface area contributed by atoms with Gasteiger partial charge < -0.3 is 10.1 Å². The Morgan fingerprint density at radius 2 is 1.81 bits per heavy atom. The molecule has 1 heterocycles. The van der Waals surface area contributed by atoms with Crippen LogP contribution in [0.4, 0.5) is 5.82 Å². The van der Waals surface area contributed by atoms with Crippen molar-refractivity contribution in [2.75, 3.05) is 19.0 Å². The van der Waals surface area contributed by atoms with Crippen molar-refractivity contribution in [3.63, 3.8) is 0 Å². The van der Waals surface area contributed by atoms with Crippen molar-refractivity contribution in [3.8, 4) is 0 Å². The number of benzene rings is 1. The van der Waals surface area contributed by atoms with Crippen LogP contribution in [0.3, 0.4) is 0 Å². The number of aromatic nitrogens is 1. The van der Waals surface area contributed by atoms with Crippen LogP contribution in [-0.2, 0) is 28.8 Å². The number of carbonyl (C=O) groups is 2. The lowest BCUT2D eigenvalue weighted by molar-refractivity contribution is -0.116. The Bertz CT molecular complexity index is 775. The average molecular weight is 354 g/mol. The Hall–Kier alpha value is -2.69. The summed E-state index contributed by atoms with van der Waals surface area (Å²) in [6, 6.07) is 7.59. The number of ketones is 1. The molecule has 0 aliphatic carbocycles. The maximum atomic E-state index is 12.6. The second-order valence-corrected chi connectivity index (χ2v) is 6.23. The van der Waals surface area contributed by atoms with Gasteiger partial charge in [-0.15, -0.1) is 0 Å². The van der Waals surface area contributed by atoms with Gasteiger partial charge in [-0.1, -0.05) is 31.5 Å². The highest BCUT2D eigenvalue weighted by molar-refractivity contribution is 5.95. The van der Waals surface area contributed by atoms with E-state index in [0.29, 0.717) is 17.8 Å². The van der Waals surface area contributed by atoms with Crippen LogP contribution in [0.2, 0.25) is 0 Å². The summed E-state index contributed by atoms with van der Waals surface area (Å²) in [5.41, 5.74) is 5.12. The van der Waals surface area contributed by atoms with Crippen molar-refractivity contribution in [2.24, 2.45) is 0 Å². The van der Waals surface area contributed by atoms with Gasteiger partial charge in [-0.05, 0) is 48.6 Å². The maximum absolute atomic E-state index is 12.6. The quantitative estimate of drug-likeness (QED) is 0.735. The molecule has 0 spiro atoms. The van der Waals surface area contributed by atoms with E-state index in [1.165, 1.54) is 23.8 Å². The number of nitrogens with one attached hydrogen (secondary N) is 1. The number of hydrogen-bond donors (Lipinski definition) is 1. The summed E-state index contributed by atoms with van der Waals surface area (Å²) in [4.78, 5) is 28.5. The molecular weight excluding hydrogens is 328 g/mol. The van der Waals surface area contributed by atoms with E-state index in [1.54, 1.807) is 18.3 Å². The molecule has 1 aromatic heterocycles. The van der Waals surface area contributed by atoms with Crippen LogP contribution in [0.25, 0.3) is 0 Å². The molecule has 0 radical (unpaired) electrons. The lowest BCUT2D eigenvalue weighted by atomic mass is 9.91. The minimum Gasteiger partial charge on any atom is -0.465 e. The molecule has 0 aliphatic rings. The molecule has 5 heteroatoms. The first kappa shape index (κ1) is 19.6. The van der Waals surface area contributed by atoms with Gasteiger partial charge >= 0.3 is 5.97 Å². The van der Waals surface area contributed by atoms with Gasteiger partial charge in [0.25, 0.3) is 0 Å². The number of aryl methyl sites for hydroxylation is 3. The number of anilines is 1. The Kier molecular flexibility index (Phi) is 6.89. The number of methoxy groups -OCH3 is 1. The standard InChI is InChI=1S/C21H26N2O3/c1-5-15-10-14(3)11-16(6-2)19(15)12-17(24)13-23-20-18(21(25)26-4)8-7-9-22-20/h7-11H,5-6,12-13H2,1-4H3,(H,22,23). The molecule has 26 heavy (non-hydrogen) atoms. The Labute approximate surface area is 154 Å². The molecule has 1 N–H and O–H groups in total. The van der Waals surface area contributed by atoms with E-state index >= 15 is 0 Å². The average Bonchev–Trinajstić information content (AvgIpc) is 2.66. The third-order valence-electron chi connectivity index (χ3n) is 4.38. The van der Waals surface area contributed by atoms with Gasteiger partial charge in [-0.3, -0.25) is 4.79 Å². The predicted octanol–water partition coefficient (Wildman–Crippen LogP) is 3.53. The fraction of sp³-hybridized carbons (Fsp3) is 0.381. The molecule has 1 aromatic carbocycles. The highest BCUT2D eigenvalue weighted by atomic mass is 16.5. The number of carbonyl (C=O) groups excluding carboxylic acids is 2. The van der Waals surface area contributed by atoms with Crippen molar-refractivity contribution in [1.82, 2.24) is 4.98 Å². The number of pyridine rings is 1. The molecule has 0 bridgehead atoms. The lowest BCUT2D eigenvalue weighted by Gasteiger charge is -2.15. The largest absolute Gasteiger partial charge is 0.465 e. The Morgan fingerprint density at radius 3 is 2.38 bits per heavy atom. The third-order valence-corrected chi connectivity index (χ3v) is 4.38. The summed E-state index contributed by atoms with van der Waals surface area (Å²) in [7, 11) is 1.32. The van der Waals surface area contributed by atoms with Crippen LogP contribution >= 0.6 is 0 Å². The van der Waals surface area contributed by atoms with Crippen LogP contribution in [0.15, 0.2) is 30.5 Å². The van der Waals surface area contributed by atoms with Gasteiger partial charge in [0.15, 0.2) is 5.78 Å². The molecule has 0 amide bonds. The molecule has 2 rings (SSSR count). The smallest absolute Gasteiger partial charge is 0.341 e. The van der Waals surface area contributed by atoms with Crippen molar-refractivity contribution in [2.45, 2.75) is 40.0 Å². The zero-order chi connectivity index (χ0) is 19.1. The van der Waals surface area contributed by atoms with Crippen LogP contribution in [0.5, 0.6) is 0 Å². The number of Topliss-reactive ketones (excluding diaryl/α,β-unsaturated/α-hetero) is 1. The van der Waals surface area contributed by atoms with Crippen LogP contribution < -0.4 is 5.32 Å². The monoisotopic (exact) mass is 354 g/mol. The summed E-state index contributed by atoms with van der Waals surface area (Å²) >= 11 is 0. The number of hydrogen-bond acceptors (Lipinski definition) is 5. The number of ether oxygens (including phenoxy) is 1. The molecule has 0 aliphatic heterocycles. The SMILES string of the molecule is CCc1cc(C)cc(CC)c1CC(=O)CNc1ncccc1C(=O)OC. The molecule has 2 aromatic rings. The zero-order valence-corrected chi connectivity index (χ0v) is 15.9. The number of rotatable bonds is 8. The minimum absolute atomic E-state index is 0.0553. The second-order valence-electron chi connectivity index (χ2n) is 6.23. The molecule has 0 atom stereocenters. The van der Waals surface area contributed by atoms with E-state index in [0.717, 1.165) is 18.4 Å². The molecular formula is C21H26N2O3. The van der Waals surface area contributed by atoms with E-state index < -0.39 is 5.97 Å². The van der Waals surface area contributed by atoms with Gasteiger partial charge in [0.1, 0.15) is 11.4 Å².